The van der Waals surface area contributed by atoms with E-state index in [1.54, 1.807) is 0 Å². The van der Waals surface area contributed by atoms with E-state index < -0.39 is 0 Å². The molecule has 6 nitrogen and oxygen atoms in total. The first kappa shape index (κ1) is 14.8. The van der Waals surface area contributed by atoms with Crippen LogP contribution in [-0.4, -0.2) is 37.9 Å². The second-order valence-corrected chi connectivity index (χ2v) is 6.98. The molecule has 2 aliphatic rings. The van der Waals surface area contributed by atoms with Crippen LogP contribution < -0.4 is 5.32 Å². The van der Waals surface area contributed by atoms with Gasteiger partial charge in [-0.1, -0.05) is 43.9 Å². The third kappa shape index (κ3) is 3.96. The number of hydrogen-bond donors (Lipinski definition) is 1. The van der Waals surface area contributed by atoms with Crippen LogP contribution in [0.5, 0.6) is 0 Å². The van der Waals surface area contributed by atoms with Gasteiger partial charge in [0.05, 0.1) is 11.8 Å². The zero-order valence-corrected chi connectivity index (χ0v) is 13.1. The first-order valence-electron chi connectivity index (χ1n) is 8.03. The van der Waals surface area contributed by atoms with Crippen molar-refractivity contribution in [1.29, 1.82) is 0 Å². The molecule has 3 rings (SSSR count). The number of carbonyl (C=O) groups excluding carboxylic acids is 1. The van der Waals surface area contributed by atoms with Gasteiger partial charge in [0.2, 0.25) is 11.1 Å². The Morgan fingerprint density at radius 1 is 1.14 bits per heavy atom. The highest BCUT2D eigenvalue weighted by atomic mass is 32.2. The van der Waals surface area contributed by atoms with Gasteiger partial charge in [-0.05, 0) is 36.1 Å². The summed E-state index contributed by atoms with van der Waals surface area (Å²) in [6.07, 6.45) is 10.8. The molecule has 1 amide bonds. The molecule has 0 atom stereocenters. The van der Waals surface area contributed by atoms with Gasteiger partial charge in [0.25, 0.3) is 0 Å². The normalized spacial score (nSPS) is 20.8. The molecule has 1 N–H and O–H groups in total. The first-order chi connectivity index (χ1) is 10.3. The van der Waals surface area contributed by atoms with Crippen LogP contribution in [0.3, 0.4) is 0 Å². The molecule has 0 unspecified atom stereocenters. The molecule has 0 aromatic carbocycles. The molecule has 0 saturated heterocycles. The highest BCUT2D eigenvalue weighted by Gasteiger charge is 2.21. The molecule has 1 aromatic heterocycles. The quantitative estimate of drug-likeness (QED) is 0.845. The summed E-state index contributed by atoms with van der Waals surface area (Å²) in [6, 6.07) is 0.793. The van der Waals surface area contributed by atoms with Gasteiger partial charge in [-0.2, -0.15) is 0 Å². The van der Waals surface area contributed by atoms with Crippen LogP contribution in [0.15, 0.2) is 5.16 Å². The van der Waals surface area contributed by atoms with Crippen molar-refractivity contribution in [3.05, 3.63) is 0 Å². The predicted molar refractivity (Wildman–Crippen MR) is 81.1 cm³/mol. The Balaban J connectivity index is 1.50. The molecule has 0 radical (unpaired) electrons. The van der Waals surface area contributed by atoms with E-state index in [-0.39, 0.29) is 5.91 Å². The number of thioether (sulfide) groups is 1. The van der Waals surface area contributed by atoms with E-state index in [4.69, 9.17) is 0 Å². The Labute approximate surface area is 129 Å². The smallest absolute Gasteiger partial charge is 0.230 e. The van der Waals surface area contributed by atoms with Crippen molar-refractivity contribution >= 4 is 17.7 Å². The zero-order chi connectivity index (χ0) is 14.5. The minimum Gasteiger partial charge on any atom is -0.353 e. The monoisotopic (exact) mass is 309 g/mol. The highest BCUT2D eigenvalue weighted by molar-refractivity contribution is 7.99. The number of rotatable bonds is 5. The van der Waals surface area contributed by atoms with Gasteiger partial charge in [0.15, 0.2) is 0 Å². The maximum atomic E-state index is 12.0. The number of hydrogen-bond acceptors (Lipinski definition) is 5. The van der Waals surface area contributed by atoms with Crippen LogP contribution in [0, 0.1) is 0 Å². The lowest BCUT2D eigenvalue weighted by Crippen LogP contribution is -2.33. The van der Waals surface area contributed by atoms with E-state index in [1.807, 2.05) is 4.68 Å². The lowest BCUT2D eigenvalue weighted by molar-refractivity contribution is -0.119. The summed E-state index contributed by atoms with van der Waals surface area (Å²) in [6.45, 7) is 0. The summed E-state index contributed by atoms with van der Waals surface area (Å²) in [5.41, 5.74) is 0. The van der Waals surface area contributed by atoms with Crippen LogP contribution in [0.1, 0.15) is 63.8 Å². The van der Waals surface area contributed by atoms with Crippen molar-refractivity contribution in [2.24, 2.45) is 0 Å². The molecular weight excluding hydrogens is 286 g/mol. The minimum absolute atomic E-state index is 0.102. The number of nitrogens with zero attached hydrogens (tertiary/aromatic N) is 4. The van der Waals surface area contributed by atoms with Gasteiger partial charge in [0, 0.05) is 6.04 Å². The number of amides is 1. The summed E-state index contributed by atoms with van der Waals surface area (Å²) < 4.78 is 1.92. The number of nitrogens with one attached hydrogen (secondary N) is 1. The summed E-state index contributed by atoms with van der Waals surface area (Å²) in [5.74, 6) is 0.508. The fourth-order valence-electron chi connectivity index (χ4n) is 3.30. The van der Waals surface area contributed by atoms with Crippen LogP contribution >= 0.6 is 11.8 Å². The van der Waals surface area contributed by atoms with Crippen molar-refractivity contribution in [2.75, 3.05) is 5.75 Å². The van der Waals surface area contributed by atoms with Gasteiger partial charge < -0.3 is 5.32 Å². The van der Waals surface area contributed by atoms with Crippen molar-refractivity contribution in [1.82, 2.24) is 25.5 Å². The van der Waals surface area contributed by atoms with Crippen LogP contribution in [-0.2, 0) is 4.79 Å². The molecule has 21 heavy (non-hydrogen) atoms. The molecule has 0 aliphatic heterocycles. The number of tetrazole rings is 1. The van der Waals surface area contributed by atoms with Gasteiger partial charge in [-0.25, -0.2) is 4.68 Å². The molecule has 0 bridgehead atoms. The van der Waals surface area contributed by atoms with E-state index in [1.165, 1.54) is 43.9 Å². The average Bonchev–Trinajstić information content (AvgIpc) is 3.17. The van der Waals surface area contributed by atoms with E-state index in [0.29, 0.717) is 17.8 Å². The summed E-state index contributed by atoms with van der Waals surface area (Å²) >= 11 is 1.45. The predicted octanol–water partition coefficient (Wildman–Crippen LogP) is 2.33. The second kappa shape index (κ2) is 7.24. The number of carbonyl (C=O) groups is 1. The lowest BCUT2D eigenvalue weighted by Gasteiger charge is -2.22. The molecule has 1 aromatic rings. The van der Waals surface area contributed by atoms with E-state index in [9.17, 15) is 4.79 Å². The third-order valence-electron chi connectivity index (χ3n) is 4.44. The molecule has 7 heteroatoms. The largest absolute Gasteiger partial charge is 0.353 e. The Hall–Kier alpha value is -1.11. The van der Waals surface area contributed by atoms with Crippen molar-refractivity contribution in [3.8, 4) is 0 Å². The molecular formula is C14H23N5OS. The Morgan fingerprint density at radius 2 is 1.86 bits per heavy atom. The topological polar surface area (TPSA) is 72.7 Å². The van der Waals surface area contributed by atoms with Crippen molar-refractivity contribution < 1.29 is 4.79 Å². The molecule has 2 saturated carbocycles. The van der Waals surface area contributed by atoms with Crippen LogP contribution in [0.25, 0.3) is 0 Å². The molecule has 1 heterocycles. The Bertz CT molecular complexity index is 466. The van der Waals surface area contributed by atoms with Crippen LogP contribution in [0.4, 0.5) is 0 Å². The summed E-state index contributed by atoms with van der Waals surface area (Å²) in [7, 11) is 0. The SMILES string of the molecule is O=C(CSc1nnnn1C1CCCCC1)NC1CCCC1. The zero-order valence-electron chi connectivity index (χ0n) is 12.3. The van der Waals surface area contributed by atoms with Gasteiger partial charge in [-0.3, -0.25) is 4.79 Å². The lowest BCUT2D eigenvalue weighted by atomic mass is 9.96. The highest BCUT2D eigenvalue weighted by Crippen LogP contribution is 2.30. The molecule has 116 valence electrons. The average molecular weight is 309 g/mol. The maximum Gasteiger partial charge on any atom is 0.230 e. The van der Waals surface area contributed by atoms with Gasteiger partial charge >= 0.3 is 0 Å². The summed E-state index contributed by atoms with van der Waals surface area (Å²) in [4.78, 5) is 12.0. The maximum absolute atomic E-state index is 12.0. The number of aromatic nitrogens is 4. The van der Waals surface area contributed by atoms with E-state index in [0.717, 1.165) is 30.8 Å². The summed E-state index contributed by atoms with van der Waals surface area (Å²) in [5, 5.41) is 15.9. The fourth-order valence-corrected chi connectivity index (χ4v) is 4.06. The van der Waals surface area contributed by atoms with Crippen molar-refractivity contribution in [3.63, 3.8) is 0 Å². The first-order valence-corrected chi connectivity index (χ1v) is 9.01. The fraction of sp³-hybridized carbons (Fsp3) is 0.857. The molecule has 0 spiro atoms. The molecule has 2 fully saturated rings. The molecule has 2 aliphatic carbocycles. The van der Waals surface area contributed by atoms with Gasteiger partial charge in [-0.15, -0.1) is 5.10 Å². The van der Waals surface area contributed by atoms with Crippen molar-refractivity contribution in [2.45, 2.75) is 75.0 Å². The standard InChI is InChI=1S/C14H23N5OS/c20-13(15-11-6-4-5-7-11)10-21-14-16-17-18-19(14)12-8-2-1-3-9-12/h11-12H,1-10H2,(H,15,20). The second-order valence-electron chi connectivity index (χ2n) is 6.04. The van der Waals surface area contributed by atoms with E-state index >= 15 is 0 Å². The minimum atomic E-state index is 0.102. The van der Waals surface area contributed by atoms with E-state index in [2.05, 4.69) is 20.8 Å². The Morgan fingerprint density at radius 3 is 2.62 bits per heavy atom. The van der Waals surface area contributed by atoms with Crippen LogP contribution in [0.2, 0.25) is 0 Å². The Kier molecular flexibility index (Phi) is 5.11. The van der Waals surface area contributed by atoms with Gasteiger partial charge in [0.1, 0.15) is 0 Å². The third-order valence-corrected chi connectivity index (χ3v) is 5.37.